The van der Waals surface area contributed by atoms with E-state index in [-0.39, 0.29) is 11.8 Å². The van der Waals surface area contributed by atoms with Gasteiger partial charge < -0.3 is 4.90 Å². The topological polar surface area (TPSA) is 57.7 Å². The van der Waals surface area contributed by atoms with Crippen LogP contribution in [0.4, 0.5) is 0 Å². The Kier molecular flexibility index (Phi) is 6.17. The molecule has 1 amide bonds. The molecule has 3 rings (SSSR count). The van der Waals surface area contributed by atoms with Gasteiger partial charge in [-0.3, -0.25) is 4.79 Å². The van der Waals surface area contributed by atoms with E-state index in [1.165, 1.54) is 15.6 Å². The minimum atomic E-state index is -3.47. The molecule has 1 aliphatic heterocycles. The van der Waals surface area contributed by atoms with Crippen LogP contribution in [0.3, 0.4) is 0 Å². The molecule has 1 fully saturated rings. The molecule has 0 spiro atoms. The number of rotatable bonds is 5. The number of amides is 1. The predicted molar refractivity (Wildman–Crippen MR) is 107 cm³/mol. The molecule has 1 unspecified atom stereocenters. The van der Waals surface area contributed by atoms with E-state index in [4.69, 9.17) is 0 Å². The van der Waals surface area contributed by atoms with Crippen molar-refractivity contribution in [3.63, 3.8) is 0 Å². The van der Waals surface area contributed by atoms with Crippen LogP contribution in [0, 0.1) is 0 Å². The largest absolute Gasteiger partial charge is 0.340 e. The molecule has 0 radical (unpaired) electrons. The van der Waals surface area contributed by atoms with E-state index in [0.717, 1.165) is 9.35 Å². The van der Waals surface area contributed by atoms with E-state index in [0.29, 0.717) is 36.8 Å². The van der Waals surface area contributed by atoms with Crippen molar-refractivity contribution in [3.05, 3.63) is 51.8 Å². The van der Waals surface area contributed by atoms with E-state index >= 15 is 0 Å². The van der Waals surface area contributed by atoms with Gasteiger partial charge in [-0.05, 0) is 39.5 Å². The fraction of sp³-hybridized carbons (Fsp3) is 0.389. The lowest BCUT2D eigenvalue weighted by Gasteiger charge is -2.34. The zero-order valence-electron chi connectivity index (χ0n) is 14.5. The van der Waals surface area contributed by atoms with Crippen LogP contribution in [0.2, 0.25) is 0 Å². The average Bonchev–Trinajstić information content (AvgIpc) is 3.10. The SMILES string of the molecule is CC(CC(=O)N1CCN(S(=O)(=O)c2ccc(Br)s2)CC1)c1ccccc1. The summed E-state index contributed by atoms with van der Waals surface area (Å²) in [4.78, 5) is 14.3. The monoisotopic (exact) mass is 456 g/mol. The van der Waals surface area contributed by atoms with Crippen molar-refractivity contribution in [1.82, 2.24) is 9.21 Å². The fourth-order valence-electron chi connectivity index (χ4n) is 3.03. The molecule has 0 N–H and O–H groups in total. The highest BCUT2D eigenvalue weighted by atomic mass is 79.9. The highest BCUT2D eigenvalue weighted by Crippen LogP contribution is 2.29. The van der Waals surface area contributed by atoms with Crippen molar-refractivity contribution in [3.8, 4) is 0 Å². The molecule has 5 nitrogen and oxygen atoms in total. The van der Waals surface area contributed by atoms with E-state index in [2.05, 4.69) is 15.9 Å². The summed E-state index contributed by atoms with van der Waals surface area (Å²) in [5.74, 6) is 0.228. The quantitative estimate of drug-likeness (QED) is 0.690. The second kappa shape index (κ2) is 8.21. The number of thiophene rings is 1. The Morgan fingerprint density at radius 1 is 1.12 bits per heavy atom. The van der Waals surface area contributed by atoms with E-state index < -0.39 is 10.0 Å². The van der Waals surface area contributed by atoms with Gasteiger partial charge in [0, 0.05) is 32.6 Å². The van der Waals surface area contributed by atoms with E-state index in [1.54, 1.807) is 17.0 Å². The van der Waals surface area contributed by atoms with Gasteiger partial charge in [0.05, 0.1) is 3.79 Å². The molecule has 2 heterocycles. The van der Waals surface area contributed by atoms with Crippen molar-refractivity contribution in [2.45, 2.75) is 23.5 Å². The Bertz CT molecular complexity index is 860. The summed E-state index contributed by atoms with van der Waals surface area (Å²) < 4.78 is 27.9. The summed E-state index contributed by atoms with van der Waals surface area (Å²) >= 11 is 4.51. The number of hydrogen-bond acceptors (Lipinski definition) is 4. The molecule has 0 aliphatic carbocycles. The number of sulfonamides is 1. The molecule has 140 valence electrons. The first kappa shape index (κ1) is 19.5. The molecule has 1 saturated heterocycles. The van der Waals surface area contributed by atoms with Gasteiger partial charge in [-0.2, -0.15) is 4.31 Å². The Morgan fingerprint density at radius 3 is 2.35 bits per heavy atom. The van der Waals surface area contributed by atoms with Gasteiger partial charge in [0.2, 0.25) is 5.91 Å². The summed E-state index contributed by atoms with van der Waals surface area (Å²) in [6.45, 7) is 3.59. The van der Waals surface area contributed by atoms with Crippen LogP contribution in [-0.4, -0.2) is 49.7 Å². The molecule has 1 aromatic heterocycles. The van der Waals surface area contributed by atoms with Crippen molar-refractivity contribution in [2.75, 3.05) is 26.2 Å². The lowest BCUT2D eigenvalue weighted by Crippen LogP contribution is -2.50. The standard InChI is InChI=1S/C18H21BrN2O3S2/c1-14(15-5-3-2-4-6-15)13-17(22)20-9-11-21(12-10-20)26(23,24)18-8-7-16(19)25-18/h2-8,14H,9-13H2,1H3. The van der Waals surface area contributed by atoms with Crippen molar-refractivity contribution < 1.29 is 13.2 Å². The summed E-state index contributed by atoms with van der Waals surface area (Å²) in [6.07, 6.45) is 0.439. The van der Waals surface area contributed by atoms with Crippen LogP contribution in [0.25, 0.3) is 0 Å². The molecule has 8 heteroatoms. The number of hydrogen-bond donors (Lipinski definition) is 0. The zero-order valence-corrected chi connectivity index (χ0v) is 17.7. The first-order valence-corrected chi connectivity index (χ1v) is 11.5. The molecular formula is C18H21BrN2O3S2. The van der Waals surface area contributed by atoms with Crippen molar-refractivity contribution in [2.24, 2.45) is 0 Å². The smallest absolute Gasteiger partial charge is 0.252 e. The highest BCUT2D eigenvalue weighted by Gasteiger charge is 2.31. The lowest BCUT2D eigenvalue weighted by atomic mass is 9.97. The Hall–Kier alpha value is -1.22. The summed E-state index contributed by atoms with van der Waals surface area (Å²) in [6, 6.07) is 13.3. The van der Waals surface area contributed by atoms with Crippen LogP contribution >= 0.6 is 27.3 Å². The summed E-state index contributed by atoms with van der Waals surface area (Å²) in [5, 5.41) is 0. The van der Waals surface area contributed by atoms with Gasteiger partial charge in [-0.25, -0.2) is 8.42 Å². The van der Waals surface area contributed by atoms with Crippen molar-refractivity contribution >= 4 is 43.2 Å². The molecule has 0 bridgehead atoms. The lowest BCUT2D eigenvalue weighted by molar-refractivity contribution is -0.132. The van der Waals surface area contributed by atoms with Gasteiger partial charge in [-0.1, -0.05) is 37.3 Å². The van der Waals surface area contributed by atoms with E-state index in [9.17, 15) is 13.2 Å². The third-order valence-electron chi connectivity index (χ3n) is 4.58. The molecule has 1 aromatic carbocycles. The number of halogens is 1. The average molecular weight is 457 g/mol. The Morgan fingerprint density at radius 2 is 1.77 bits per heavy atom. The third kappa shape index (κ3) is 4.36. The highest BCUT2D eigenvalue weighted by molar-refractivity contribution is 9.11. The molecule has 26 heavy (non-hydrogen) atoms. The second-order valence-electron chi connectivity index (χ2n) is 6.36. The molecule has 0 saturated carbocycles. The molecule has 2 aromatic rings. The fourth-order valence-corrected chi connectivity index (χ4v) is 6.62. The second-order valence-corrected chi connectivity index (χ2v) is 11.0. The molecule has 1 atom stereocenters. The minimum absolute atomic E-state index is 0.0808. The summed E-state index contributed by atoms with van der Waals surface area (Å²) in [7, 11) is -3.47. The first-order valence-electron chi connectivity index (χ1n) is 8.46. The van der Waals surface area contributed by atoms with Gasteiger partial charge in [0.25, 0.3) is 10.0 Å². The van der Waals surface area contributed by atoms with E-state index in [1.807, 2.05) is 37.3 Å². The zero-order chi connectivity index (χ0) is 18.7. The first-order chi connectivity index (χ1) is 12.4. The van der Waals surface area contributed by atoms with Crippen LogP contribution in [0.1, 0.15) is 24.8 Å². The Labute approximate surface area is 166 Å². The summed E-state index contributed by atoms with van der Waals surface area (Å²) in [5.41, 5.74) is 1.14. The van der Waals surface area contributed by atoms with Gasteiger partial charge in [0.15, 0.2) is 0 Å². The normalized spacial score (nSPS) is 17.2. The number of benzene rings is 1. The van der Waals surface area contributed by atoms with Gasteiger partial charge in [-0.15, -0.1) is 11.3 Å². The molecule has 1 aliphatic rings. The third-order valence-corrected chi connectivity index (χ3v) is 8.57. The number of carbonyl (C=O) groups is 1. The Balaban J connectivity index is 1.57. The maximum Gasteiger partial charge on any atom is 0.252 e. The van der Waals surface area contributed by atoms with Crippen LogP contribution < -0.4 is 0 Å². The number of nitrogens with zero attached hydrogens (tertiary/aromatic N) is 2. The maximum atomic E-state index is 12.7. The van der Waals surface area contributed by atoms with Crippen LogP contribution in [0.5, 0.6) is 0 Å². The molecular weight excluding hydrogens is 436 g/mol. The number of piperazine rings is 1. The predicted octanol–water partition coefficient (Wildman–Crippen LogP) is 3.54. The number of carbonyl (C=O) groups excluding carboxylic acids is 1. The maximum absolute atomic E-state index is 12.7. The minimum Gasteiger partial charge on any atom is -0.340 e. The van der Waals surface area contributed by atoms with Crippen LogP contribution in [-0.2, 0) is 14.8 Å². The van der Waals surface area contributed by atoms with Gasteiger partial charge in [0.1, 0.15) is 4.21 Å². The van der Waals surface area contributed by atoms with Gasteiger partial charge >= 0.3 is 0 Å². The van der Waals surface area contributed by atoms with Crippen molar-refractivity contribution in [1.29, 1.82) is 0 Å². The van der Waals surface area contributed by atoms with Crippen LogP contribution in [0.15, 0.2) is 50.5 Å².